The van der Waals surface area contributed by atoms with E-state index in [1.54, 1.807) is 4.57 Å². The first-order chi connectivity index (χ1) is 8.19. The van der Waals surface area contributed by atoms with Crippen molar-refractivity contribution in [1.29, 1.82) is 0 Å². The van der Waals surface area contributed by atoms with Gasteiger partial charge in [-0.1, -0.05) is 6.07 Å². The molecule has 0 atom stereocenters. The Morgan fingerprint density at radius 3 is 2.71 bits per heavy atom. The van der Waals surface area contributed by atoms with Crippen molar-refractivity contribution in [1.82, 2.24) is 14.8 Å². The second kappa shape index (κ2) is 4.79. The third-order valence-corrected chi connectivity index (χ3v) is 2.69. The molecule has 0 aliphatic carbocycles. The van der Waals surface area contributed by atoms with E-state index < -0.39 is 11.6 Å². The average molecular weight is 258 g/mol. The summed E-state index contributed by atoms with van der Waals surface area (Å²) in [5.41, 5.74) is 0.0933. The molecule has 0 unspecified atom stereocenters. The monoisotopic (exact) mass is 257 g/mol. The van der Waals surface area contributed by atoms with Crippen LogP contribution in [-0.2, 0) is 12.4 Å². The summed E-state index contributed by atoms with van der Waals surface area (Å²) >= 11 is 5.69. The standard InChI is InChI=1S/C11H10ClF2N3/c1-2-17-9(6-12)15-16-11(17)7-4-3-5-8(13)10(7)14/h3-5H,2,6H2,1H3. The average Bonchev–Trinajstić information content (AvgIpc) is 2.75. The number of hydrogen-bond acceptors (Lipinski definition) is 2. The fraction of sp³-hybridized carbons (Fsp3) is 0.273. The quantitative estimate of drug-likeness (QED) is 0.792. The first-order valence-corrected chi connectivity index (χ1v) is 5.65. The van der Waals surface area contributed by atoms with Gasteiger partial charge in [0.25, 0.3) is 0 Å². The van der Waals surface area contributed by atoms with Crippen LogP contribution in [0.15, 0.2) is 18.2 Å². The molecule has 2 aromatic rings. The van der Waals surface area contributed by atoms with Crippen LogP contribution in [0.2, 0.25) is 0 Å². The van der Waals surface area contributed by atoms with E-state index in [4.69, 9.17) is 11.6 Å². The molecule has 90 valence electrons. The maximum Gasteiger partial charge on any atom is 0.169 e. The Labute approximate surface area is 102 Å². The lowest BCUT2D eigenvalue weighted by molar-refractivity contribution is 0.509. The molecule has 0 radical (unpaired) electrons. The minimum absolute atomic E-state index is 0.0933. The van der Waals surface area contributed by atoms with E-state index in [-0.39, 0.29) is 11.4 Å². The Hall–Kier alpha value is -1.49. The summed E-state index contributed by atoms with van der Waals surface area (Å²) in [6.07, 6.45) is 0. The number of benzene rings is 1. The lowest BCUT2D eigenvalue weighted by atomic mass is 10.2. The molecule has 0 bridgehead atoms. The molecule has 0 saturated carbocycles. The summed E-state index contributed by atoms with van der Waals surface area (Å²) in [5, 5.41) is 7.70. The normalized spacial score (nSPS) is 10.8. The SMILES string of the molecule is CCn1c(CCl)nnc1-c1cccc(F)c1F. The Bertz CT molecular complexity index is 540. The second-order valence-corrected chi connectivity index (χ2v) is 3.69. The van der Waals surface area contributed by atoms with Crippen LogP contribution in [0, 0.1) is 11.6 Å². The van der Waals surface area contributed by atoms with Gasteiger partial charge in [0.1, 0.15) is 5.82 Å². The molecule has 6 heteroatoms. The highest BCUT2D eigenvalue weighted by atomic mass is 35.5. The first-order valence-electron chi connectivity index (χ1n) is 5.11. The maximum atomic E-state index is 13.6. The van der Waals surface area contributed by atoms with Gasteiger partial charge in [-0.15, -0.1) is 21.8 Å². The van der Waals surface area contributed by atoms with Crippen LogP contribution >= 0.6 is 11.6 Å². The van der Waals surface area contributed by atoms with Crippen LogP contribution in [-0.4, -0.2) is 14.8 Å². The van der Waals surface area contributed by atoms with Crippen molar-refractivity contribution in [2.24, 2.45) is 0 Å². The lowest BCUT2D eigenvalue weighted by Gasteiger charge is -2.06. The van der Waals surface area contributed by atoms with Gasteiger partial charge < -0.3 is 4.57 Å². The summed E-state index contributed by atoms with van der Waals surface area (Å²) in [7, 11) is 0. The minimum Gasteiger partial charge on any atom is -0.310 e. The molecule has 17 heavy (non-hydrogen) atoms. The number of alkyl halides is 1. The van der Waals surface area contributed by atoms with Gasteiger partial charge in [0, 0.05) is 6.54 Å². The van der Waals surface area contributed by atoms with Gasteiger partial charge in [-0.25, -0.2) is 8.78 Å². The van der Waals surface area contributed by atoms with Crippen LogP contribution < -0.4 is 0 Å². The summed E-state index contributed by atoms with van der Waals surface area (Å²) < 4.78 is 28.4. The molecule has 0 spiro atoms. The molecule has 0 N–H and O–H groups in total. The summed E-state index contributed by atoms with van der Waals surface area (Å²) in [6.45, 7) is 2.40. The molecule has 2 rings (SSSR count). The van der Waals surface area contributed by atoms with E-state index in [0.29, 0.717) is 18.2 Å². The molecule has 1 aromatic heterocycles. The molecule has 0 aliphatic heterocycles. The van der Waals surface area contributed by atoms with Crippen LogP contribution in [0.3, 0.4) is 0 Å². The highest BCUT2D eigenvalue weighted by molar-refractivity contribution is 6.16. The van der Waals surface area contributed by atoms with E-state index >= 15 is 0 Å². The molecule has 0 aliphatic rings. The maximum absolute atomic E-state index is 13.6. The number of nitrogens with zero attached hydrogens (tertiary/aromatic N) is 3. The minimum atomic E-state index is -0.921. The van der Waals surface area contributed by atoms with Gasteiger partial charge in [0.15, 0.2) is 17.5 Å². The topological polar surface area (TPSA) is 30.7 Å². The van der Waals surface area contributed by atoms with Crippen molar-refractivity contribution in [2.75, 3.05) is 0 Å². The van der Waals surface area contributed by atoms with Crippen LogP contribution in [0.4, 0.5) is 8.78 Å². The fourth-order valence-corrected chi connectivity index (χ4v) is 1.84. The van der Waals surface area contributed by atoms with Gasteiger partial charge in [0.05, 0.1) is 11.4 Å². The van der Waals surface area contributed by atoms with E-state index in [2.05, 4.69) is 10.2 Å². The zero-order valence-corrected chi connectivity index (χ0v) is 9.88. The Kier molecular flexibility index (Phi) is 3.38. The Morgan fingerprint density at radius 1 is 1.29 bits per heavy atom. The molecule has 0 fully saturated rings. The van der Waals surface area contributed by atoms with Crippen molar-refractivity contribution >= 4 is 11.6 Å². The highest BCUT2D eigenvalue weighted by Crippen LogP contribution is 2.23. The Balaban J connectivity index is 2.60. The summed E-state index contributed by atoms with van der Waals surface area (Å²) in [6, 6.07) is 3.96. The lowest BCUT2D eigenvalue weighted by Crippen LogP contribution is -2.03. The largest absolute Gasteiger partial charge is 0.310 e. The van der Waals surface area contributed by atoms with Gasteiger partial charge in [0.2, 0.25) is 0 Å². The third kappa shape index (κ3) is 2.02. The highest BCUT2D eigenvalue weighted by Gasteiger charge is 2.17. The molecule has 1 aromatic carbocycles. The van der Waals surface area contributed by atoms with E-state index in [1.165, 1.54) is 12.1 Å². The van der Waals surface area contributed by atoms with Gasteiger partial charge in [-0.3, -0.25) is 0 Å². The van der Waals surface area contributed by atoms with Gasteiger partial charge in [-0.2, -0.15) is 0 Å². The number of halogens is 3. The van der Waals surface area contributed by atoms with E-state index in [9.17, 15) is 8.78 Å². The predicted octanol–water partition coefficient (Wildman–Crippen LogP) is 2.98. The molecular weight excluding hydrogens is 248 g/mol. The molecule has 0 saturated heterocycles. The van der Waals surface area contributed by atoms with Crippen molar-refractivity contribution in [3.8, 4) is 11.4 Å². The number of rotatable bonds is 3. The van der Waals surface area contributed by atoms with Crippen LogP contribution in [0.25, 0.3) is 11.4 Å². The zero-order valence-electron chi connectivity index (χ0n) is 9.12. The summed E-state index contributed by atoms with van der Waals surface area (Å²) in [5.74, 6) is -0.818. The zero-order chi connectivity index (χ0) is 12.4. The molecule has 1 heterocycles. The van der Waals surface area contributed by atoms with Crippen molar-refractivity contribution in [3.63, 3.8) is 0 Å². The van der Waals surface area contributed by atoms with Crippen LogP contribution in [0.1, 0.15) is 12.7 Å². The number of hydrogen-bond donors (Lipinski definition) is 0. The van der Waals surface area contributed by atoms with Crippen LogP contribution in [0.5, 0.6) is 0 Å². The van der Waals surface area contributed by atoms with Crippen molar-refractivity contribution in [3.05, 3.63) is 35.7 Å². The van der Waals surface area contributed by atoms with E-state index in [0.717, 1.165) is 6.07 Å². The smallest absolute Gasteiger partial charge is 0.169 e. The molecule has 3 nitrogen and oxygen atoms in total. The Morgan fingerprint density at radius 2 is 2.06 bits per heavy atom. The predicted molar refractivity (Wildman–Crippen MR) is 60.6 cm³/mol. The molecule has 0 amide bonds. The second-order valence-electron chi connectivity index (χ2n) is 3.42. The van der Waals surface area contributed by atoms with Crippen molar-refractivity contribution < 1.29 is 8.78 Å². The summed E-state index contributed by atoms with van der Waals surface area (Å²) in [4.78, 5) is 0. The molecular formula is C11H10ClF2N3. The van der Waals surface area contributed by atoms with Gasteiger partial charge >= 0.3 is 0 Å². The number of aromatic nitrogens is 3. The fourth-order valence-electron chi connectivity index (χ4n) is 1.64. The van der Waals surface area contributed by atoms with Gasteiger partial charge in [-0.05, 0) is 19.1 Å². The first kappa shape index (κ1) is 12.0. The van der Waals surface area contributed by atoms with E-state index in [1.807, 2.05) is 6.92 Å². The third-order valence-electron chi connectivity index (χ3n) is 2.46. The van der Waals surface area contributed by atoms with Crippen molar-refractivity contribution in [2.45, 2.75) is 19.3 Å².